The number of halogens is 2. The van der Waals surface area contributed by atoms with Gasteiger partial charge in [-0.05, 0) is 53.6 Å². The number of carbonyl (C=O) groups is 1. The van der Waals surface area contributed by atoms with Crippen molar-refractivity contribution in [2.24, 2.45) is 0 Å². The fourth-order valence-corrected chi connectivity index (χ4v) is 2.53. The first-order valence-corrected chi connectivity index (χ1v) is 8.48. The molecule has 0 saturated heterocycles. The molecule has 28 heavy (non-hydrogen) atoms. The zero-order chi connectivity index (χ0) is 19.9. The smallest absolute Gasteiger partial charge is 0.254 e. The van der Waals surface area contributed by atoms with Gasteiger partial charge in [-0.3, -0.25) is 9.78 Å². The monoisotopic (exact) mass is 384 g/mol. The van der Waals surface area contributed by atoms with Crippen LogP contribution in [0.25, 0.3) is 0 Å². The maximum Gasteiger partial charge on any atom is 0.254 e. The third-order valence-electron chi connectivity index (χ3n) is 4.00. The maximum atomic E-state index is 13.7. The quantitative estimate of drug-likeness (QED) is 0.672. The van der Waals surface area contributed by atoms with E-state index in [9.17, 15) is 13.6 Å². The summed E-state index contributed by atoms with van der Waals surface area (Å²) in [7, 11) is 1.51. The molecule has 2 aromatic carbocycles. The van der Waals surface area contributed by atoms with E-state index >= 15 is 0 Å². The van der Waals surface area contributed by atoms with Gasteiger partial charge in [0.15, 0.2) is 11.5 Å². The van der Waals surface area contributed by atoms with Gasteiger partial charge in [0.1, 0.15) is 18.2 Å². The number of methoxy groups -OCH3 is 1. The Labute approximate surface area is 160 Å². The van der Waals surface area contributed by atoms with Crippen molar-refractivity contribution < 1.29 is 23.0 Å². The predicted molar refractivity (Wildman–Crippen MR) is 99.1 cm³/mol. The van der Waals surface area contributed by atoms with Crippen molar-refractivity contribution in [3.05, 3.63) is 89.2 Å². The summed E-state index contributed by atoms with van der Waals surface area (Å²) >= 11 is 0. The number of pyridine rings is 1. The molecule has 5 nitrogen and oxygen atoms in total. The first-order chi connectivity index (χ1) is 13.6. The first kappa shape index (κ1) is 19.3. The number of rotatable bonds is 7. The minimum absolute atomic E-state index is 0.121. The molecule has 0 aliphatic rings. The number of amides is 1. The maximum absolute atomic E-state index is 13.7. The van der Waals surface area contributed by atoms with Crippen LogP contribution in [0.5, 0.6) is 11.5 Å². The molecule has 0 aliphatic carbocycles. The lowest BCUT2D eigenvalue weighted by Crippen LogP contribution is -2.24. The molecule has 0 saturated carbocycles. The minimum Gasteiger partial charge on any atom is -0.493 e. The van der Waals surface area contributed by atoms with E-state index in [1.807, 2.05) is 12.1 Å². The molecule has 1 aromatic heterocycles. The summed E-state index contributed by atoms with van der Waals surface area (Å²) in [5.41, 5.74) is 1.34. The highest BCUT2D eigenvalue weighted by atomic mass is 19.1. The number of ether oxygens (including phenoxy) is 2. The highest BCUT2D eigenvalue weighted by Crippen LogP contribution is 2.29. The van der Waals surface area contributed by atoms with Crippen molar-refractivity contribution in [1.82, 2.24) is 10.3 Å². The normalized spacial score (nSPS) is 10.4. The highest BCUT2D eigenvalue weighted by molar-refractivity contribution is 5.94. The molecular formula is C21H18F2N2O3. The Balaban J connectivity index is 1.64. The zero-order valence-electron chi connectivity index (χ0n) is 15.1. The van der Waals surface area contributed by atoms with E-state index in [1.54, 1.807) is 30.6 Å². The summed E-state index contributed by atoms with van der Waals surface area (Å²) in [4.78, 5) is 16.0. The van der Waals surface area contributed by atoms with Crippen LogP contribution in [0.2, 0.25) is 0 Å². The van der Waals surface area contributed by atoms with E-state index in [4.69, 9.17) is 9.47 Å². The topological polar surface area (TPSA) is 60.5 Å². The lowest BCUT2D eigenvalue weighted by atomic mass is 10.1. The van der Waals surface area contributed by atoms with Gasteiger partial charge in [-0.25, -0.2) is 8.78 Å². The van der Waals surface area contributed by atoms with Crippen molar-refractivity contribution in [2.45, 2.75) is 13.2 Å². The third kappa shape index (κ3) is 4.82. The van der Waals surface area contributed by atoms with Crippen LogP contribution in [0.15, 0.2) is 60.9 Å². The fraction of sp³-hybridized carbons (Fsp3) is 0.143. The number of hydrogen-bond donors (Lipinski definition) is 1. The van der Waals surface area contributed by atoms with Crippen LogP contribution in [0.3, 0.4) is 0 Å². The van der Waals surface area contributed by atoms with Gasteiger partial charge in [-0.1, -0.05) is 6.07 Å². The van der Waals surface area contributed by atoms with Gasteiger partial charge in [-0.15, -0.1) is 0 Å². The number of hydrogen-bond acceptors (Lipinski definition) is 4. The Morgan fingerprint density at radius 3 is 2.54 bits per heavy atom. The summed E-state index contributed by atoms with van der Waals surface area (Å²) < 4.78 is 38.0. The SMILES string of the molecule is COc1cc(CNC(=O)c2cc(F)ccc2F)ccc1OCc1ccncc1. The van der Waals surface area contributed by atoms with E-state index < -0.39 is 17.5 Å². The Morgan fingerprint density at radius 2 is 1.79 bits per heavy atom. The van der Waals surface area contributed by atoms with Crippen molar-refractivity contribution in [2.75, 3.05) is 7.11 Å². The molecule has 144 valence electrons. The van der Waals surface area contributed by atoms with Crippen molar-refractivity contribution in [1.29, 1.82) is 0 Å². The van der Waals surface area contributed by atoms with E-state index in [1.165, 1.54) is 7.11 Å². The summed E-state index contributed by atoms with van der Waals surface area (Å²) in [6.07, 6.45) is 3.37. The molecule has 1 N–H and O–H groups in total. The van der Waals surface area contributed by atoms with Crippen LogP contribution >= 0.6 is 0 Å². The molecule has 0 aliphatic heterocycles. The number of nitrogens with zero attached hydrogens (tertiary/aromatic N) is 1. The molecule has 1 heterocycles. The molecule has 0 atom stereocenters. The summed E-state index contributed by atoms with van der Waals surface area (Å²) in [6.45, 7) is 0.476. The van der Waals surface area contributed by atoms with E-state index in [-0.39, 0.29) is 12.1 Å². The second-order valence-corrected chi connectivity index (χ2v) is 5.94. The number of nitrogens with one attached hydrogen (secondary N) is 1. The number of aromatic nitrogens is 1. The molecule has 3 rings (SSSR count). The van der Waals surface area contributed by atoms with Gasteiger partial charge in [0.2, 0.25) is 0 Å². The molecular weight excluding hydrogens is 366 g/mol. The number of benzene rings is 2. The van der Waals surface area contributed by atoms with Gasteiger partial charge in [0, 0.05) is 18.9 Å². The average Bonchev–Trinajstić information content (AvgIpc) is 2.73. The lowest BCUT2D eigenvalue weighted by Gasteiger charge is -2.13. The Kier molecular flexibility index (Phi) is 6.16. The highest BCUT2D eigenvalue weighted by Gasteiger charge is 2.13. The molecule has 3 aromatic rings. The van der Waals surface area contributed by atoms with Gasteiger partial charge in [0.05, 0.1) is 12.7 Å². The fourth-order valence-electron chi connectivity index (χ4n) is 2.53. The lowest BCUT2D eigenvalue weighted by molar-refractivity contribution is 0.0946. The average molecular weight is 384 g/mol. The Hall–Kier alpha value is -3.48. The van der Waals surface area contributed by atoms with Crippen LogP contribution in [-0.4, -0.2) is 18.0 Å². The number of carbonyl (C=O) groups excluding carboxylic acids is 1. The molecule has 0 radical (unpaired) electrons. The molecule has 0 fully saturated rings. The minimum atomic E-state index is -0.781. The molecule has 0 bridgehead atoms. The van der Waals surface area contributed by atoms with Crippen LogP contribution < -0.4 is 14.8 Å². The molecule has 0 unspecified atom stereocenters. The van der Waals surface area contributed by atoms with Crippen molar-refractivity contribution >= 4 is 5.91 Å². The van der Waals surface area contributed by atoms with Gasteiger partial charge < -0.3 is 14.8 Å². The van der Waals surface area contributed by atoms with E-state index in [0.717, 1.165) is 29.3 Å². The first-order valence-electron chi connectivity index (χ1n) is 8.48. The Bertz CT molecular complexity index is 965. The Morgan fingerprint density at radius 1 is 1.00 bits per heavy atom. The van der Waals surface area contributed by atoms with E-state index in [2.05, 4.69) is 10.3 Å². The second kappa shape index (κ2) is 8.94. The third-order valence-corrected chi connectivity index (χ3v) is 4.00. The predicted octanol–water partition coefficient (Wildman–Crippen LogP) is 3.88. The van der Waals surface area contributed by atoms with Crippen LogP contribution in [-0.2, 0) is 13.2 Å². The van der Waals surface area contributed by atoms with Gasteiger partial charge in [0.25, 0.3) is 5.91 Å². The van der Waals surface area contributed by atoms with Crippen LogP contribution in [0, 0.1) is 11.6 Å². The zero-order valence-corrected chi connectivity index (χ0v) is 15.1. The van der Waals surface area contributed by atoms with Crippen LogP contribution in [0.4, 0.5) is 8.78 Å². The van der Waals surface area contributed by atoms with Crippen molar-refractivity contribution in [3.63, 3.8) is 0 Å². The summed E-state index contributed by atoms with van der Waals surface area (Å²) in [6, 6.07) is 11.6. The van der Waals surface area contributed by atoms with Gasteiger partial charge in [-0.2, -0.15) is 0 Å². The van der Waals surface area contributed by atoms with Gasteiger partial charge >= 0.3 is 0 Å². The summed E-state index contributed by atoms with van der Waals surface area (Å²) in [5, 5.41) is 2.56. The van der Waals surface area contributed by atoms with E-state index in [0.29, 0.717) is 18.1 Å². The summed E-state index contributed by atoms with van der Waals surface area (Å²) in [5.74, 6) is -1.11. The molecule has 0 spiro atoms. The molecule has 7 heteroatoms. The largest absolute Gasteiger partial charge is 0.493 e. The standard InChI is InChI=1S/C21H18F2N2O3/c1-27-20-10-15(2-5-19(20)28-13-14-6-8-24-9-7-14)12-25-21(26)17-11-16(22)3-4-18(17)23/h2-11H,12-13H2,1H3,(H,25,26). The van der Waals surface area contributed by atoms with Crippen LogP contribution in [0.1, 0.15) is 21.5 Å². The molecule has 1 amide bonds. The van der Waals surface area contributed by atoms with Crippen molar-refractivity contribution in [3.8, 4) is 11.5 Å². The second-order valence-electron chi connectivity index (χ2n) is 5.94.